The van der Waals surface area contributed by atoms with E-state index in [9.17, 15) is 19.8 Å². The van der Waals surface area contributed by atoms with Crippen molar-refractivity contribution in [3.05, 3.63) is 12.2 Å². The monoisotopic (exact) mass is 410 g/mol. The van der Waals surface area contributed by atoms with E-state index in [2.05, 4.69) is 11.7 Å². The summed E-state index contributed by atoms with van der Waals surface area (Å²) in [5.41, 5.74) is -0.729. The summed E-state index contributed by atoms with van der Waals surface area (Å²) in [7, 11) is 1.40. The second-order valence-electron chi connectivity index (χ2n) is 8.89. The highest BCUT2D eigenvalue weighted by Gasteiger charge is 2.39. The average Bonchev–Trinajstić information content (AvgIpc) is 2.94. The Hall–Kier alpha value is -1.20. The van der Waals surface area contributed by atoms with Crippen LogP contribution >= 0.6 is 0 Å². The van der Waals surface area contributed by atoms with Gasteiger partial charge in [0.15, 0.2) is 0 Å². The van der Waals surface area contributed by atoms with Crippen molar-refractivity contribution in [2.45, 2.75) is 109 Å². The van der Waals surface area contributed by atoms with E-state index in [1.807, 2.05) is 19.1 Å². The SMILES string of the molecule is CCCCCCC(C)(O)C/C=C/[C@H]1[C@H](O)CC(=O)[C@@H]1CCCCCCC(=O)OC. The van der Waals surface area contributed by atoms with Gasteiger partial charge in [0.1, 0.15) is 5.78 Å². The highest BCUT2D eigenvalue weighted by molar-refractivity contribution is 5.84. The van der Waals surface area contributed by atoms with Crippen molar-refractivity contribution < 1.29 is 24.5 Å². The fraction of sp³-hybridized carbons (Fsp3) is 0.833. The number of methoxy groups -OCH3 is 1. The minimum Gasteiger partial charge on any atom is -0.469 e. The van der Waals surface area contributed by atoms with Crippen molar-refractivity contribution in [3.8, 4) is 0 Å². The van der Waals surface area contributed by atoms with Crippen LogP contribution in [0.5, 0.6) is 0 Å². The second kappa shape index (κ2) is 13.9. The molecular weight excluding hydrogens is 368 g/mol. The summed E-state index contributed by atoms with van der Waals surface area (Å²) in [6.45, 7) is 4.04. The summed E-state index contributed by atoms with van der Waals surface area (Å²) in [6, 6.07) is 0. The third-order valence-corrected chi connectivity index (χ3v) is 6.09. The van der Waals surface area contributed by atoms with Gasteiger partial charge in [-0.15, -0.1) is 0 Å². The Morgan fingerprint density at radius 2 is 1.86 bits per heavy atom. The average molecular weight is 411 g/mol. The zero-order chi connectivity index (χ0) is 21.7. The zero-order valence-corrected chi connectivity index (χ0v) is 18.7. The quantitative estimate of drug-likeness (QED) is 0.232. The molecule has 0 spiro atoms. The summed E-state index contributed by atoms with van der Waals surface area (Å²) in [6.07, 6.45) is 14.3. The Morgan fingerprint density at radius 1 is 1.17 bits per heavy atom. The first-order valence-corrected chi connectivity index (χ1v) is 11.5. The molecule has 1 aliphatic rings. The highest BCUT2D eigenvalue weighted by atomic mass is 16.5. The van der Waals surface area contributed by atoms with E-state index in [0.29, 0.717) is 12.8 Å². The van der Waals surface area contributed by atoms with Gasteiger partial charge in [0, 0.05) is 24.7 Å². The van der Waals surface area contributed by atoms with Crippen LogP contribution in [0.15, 0.2) is 12.2 Å². The molecule has 0 amide bonds. The fourth-order valence-electron chi connectivity index (χ4n) is 4.20. The van der Waals surface area contributed by atoms with E-state index in [1.165, 1.54) is 20.0 Å². The summed E-state index contributed by atoms with van der Waals surface area (Å²) in [5, 5.41) is 20.8. The topological polar surface area (TPSA) is 83.8 Å². The van der Waals surface area contributed by atoms with E-state index in [1.54, 1.807) is 0 Å². The third kappa shape index (κ3) is 10.4. The molecule has 0 aromatic heterocycles. The van der Waals surface area contributed by atoms with Gasteiger partial charge in [-0.2, -0.15) is 0 Å². The number of Topliss-reactive ketones (excluding diaryl/α,β-unsaturated/α-hetero) is 1. The molecule has 4 atom stereocenters. The first-order chi connectivity index (χ1) is 13.8. The Kier molecular flexibility index (Phi) is 12.4. The molecule has 0 radical (unpaired) electrons. The molecule has 1 unspecified atom stereocenters. The molecular formula is C24H42O5. The molecule has 0 saturated heterocycles. The smallest absolute Gasteiger partial charge is 0.305 e. The van der Waals surface area contributed by atoms with Crippen LogP contribution in [0.3, 0.4) is 0 Å². The summed E-state index contributed by atoms with van der Waals surface area (Å²) in [4.78, 5) is 23.4. The largest absolute Gasteiger partial charge is 0.469 e. The minimum atomic E-state index is -0.729. The molecule has 5 nitrogen and oxygen atoms in total. The van der Waals surface area contributed by atoms with Crippen molar-refractivity contribution >= 4 is 11.8 Å². The number of aliphatic hydroxyl groups excluding tert-OH is 1. The normalized spacial score (nSPS) is 24.2. The molecule has 2 N–H and O–H groups in total. The number of ether oxygens (including phenoxy) is 1. The van der Waals surface area contributed by atoms with Gasteiger partial charge < -0.3 is 14.9 Å². The number of esters is 1. The maximum Gasteiger partial charge on any atom is 0.305 e. The molecule has 29 heavy (non-hydrogen) atoms. The molecule has 168 valence electrons. The van der Waals surface area contributed by atoms with Crippen LogP contribution in [0.25, 0.3) is 0 Å². The molecule has 0 aromatic carbocycles. The Labute approximate surface area is 176 Å². The molecule has 0 heterocycles. The molecule has 0 bridgehead atoms. The number of hydrogen-bond acceptors (Lipinski definition) is 5. The number of hydrogen-bond donors (Lipinski definition) is 2. The van der Waals surface area contributed by atoms with Crippen molar-refractivity contribution in [1.29, 1.82) is 0 Å². The van der Waals surface area contributed by atoms with E-state index in [0.717, 1.165) is 51.4 Å². The number of ketones is 1. The lowest BCUT2D eigenvalue weighted by Gasteiger charge is -2.22. The Bertz CT molecular complexity index is 511. The van der Waals surface area contributed by atoms with E-state index in [-0.39, 0.29) is 30.0 Å². The minimum absolute atomic E-state index is 0.128. The van der Waals surface area contributed by atoms with Gasteiger partial charge in [0.2, 0.25) is 0 Å². The summed E-state index contributed by atoms with van der Waals surface area (Å²) >= 11 is 0. The van der Waals surface area contributed by atoms with E-state index >= 15 is 0 Å². The molecule has 1 aliphatic carbocycles. The molecule has 1 fully saturated rings. The van der Waals surface area contributed by atoms with Crippen LogP contribution in [0, 0.1) is 11.8 Å². The first kappa shape index (κ1) is 25.8. The maximum atomic E-state index is 12.3. The van der Waals surface area contributed by atoms with Gasteiger partial charge in [-0.3, -0.25) is 9.59 Å². The van der Waals surface area contributed by atoms with Crippen LogP contribution in [-0.2, 0) is 14.3 Å². The predicted octanol–water partition coefficient (Wildman–Crippen LogP) is 4.73. The Morgan fingerprint density at radius 3 is 2.55 bits per heavy atom. The van der Waals surface area contributed by atoms with Crippen molar-refractivity contribution in [1.82, 2.24) is 0 Å². The molecule has 0 aromatic rings. The summed E-state index contributed by atoms with van der Waals surface area (Å²) in [5.74, 6) is -0.302. The van der Waals surface area contributed by atoms with Crippen LogP contribution in [0.1, 0.15) is 97.3 Å². The van der Waals surface area contributed by atoms with Gasteiger partial charge >= 0.3 is 5.97 Å². The Balaban J connectivity index is 2.40. The lowest BCUT2D eigenvalue weighted by molar-refractivity contribution is -0.140. The predicted molar refractivity (Wildman–Crippen MR) is 115 cm³/mol. The van der Waals surface area contributed by atoms with Gasteiger partial charge in [0.25, 0.3) is 0 Å². The van der Waals surface area contributed by atoms with Crippen LogP contribution < -0.4 is 0 Å². The van der Waals surface area contributed by atoms with E-state index < -0.39 is 11.7 Å². The van der Waals surface area contributed by atoms with Crippen molar-refractivity contribution in [2.75, 3.05) is 7.11 Å². The maximum absolute atomic E-state index is 12.3. The van der Waals surface area contributed by atoms with Gasteiger partial charge in [-0.05, 0) is 32.6 Å². The molecule has 1 saturated carbocycles. The second-order valence-corrected chi connectivity index (χ2v) is 8.89. The van der Waals surface area contributed by atoms with Crippen LogP contribution in [-0.4, -0.2) is 40.8 Å². The van der Waals surface area contributed by atoms with Gasteiger partial charge in [-0.1, -0.05) is 64.0 Å². The highest BCUT2D eigenvalue weighted by Crippen LogP contribution is 2.34. The lowest BCUT2D eigenvalue weighted by Crippen LogP contribution is -2.23. The van der Waals surface area contributed by atoms with Crippen LogP contribution in [0.4, 0.5) is 0 Å². The van der Waals surface area contributed by atoms with E-state index in [4.69, 9.17) is 0 Å². The van der Waals surface area contributed by atoms with Crippen molar-refractivity contribution in [2.24, 2.45) is 11.8 Å². The molecule has 0 aliphatic heterocycles. The van der Waals surface area contributed by atoms with Gasteiger partial charge in [0.05, 0.1) is 18.8 Å². The number of unbranched alkanes of at least 4 members (excludes halogenated alkanes) is 6. The number of aliphatic hydroxyl groups is 2. The lowest BCUT2D eigenvalue weighted by atomic mass is 9.87. The zero-order valence-electron chi connectivity index (χ0n) is 18.7. The molecule has 5 heteroatoms. The fourth-order valence-corrected chi connectivity index (χ4v) is 4.20. The van der Waals surface area contributed by atoms with Crippen molar-refractivity contribution in [3.63, 3.8) is 0 Å². The first-order valence-electron chi connectivity index (χ1n) is 11.5. The van der Waals surface area contributed by atoms with Crippen LogP contribution in [0.2, 0.25) is 0 Å². The number of rotatable bonds is 15. The molecule has 1 rings (SSSR count). The summed E-state index contributed by atoms with van der Waals surface area (Å²) < 4.78 is 4.63. The van der Waals surface area contributed by atoms with Gasteiger partial charge in [-0.25, -0.2) is 0 Å². The number of carbonyl (C=O) groups is 2. The standard InChI is InChI=1S/C24H42O5/c1-4-5-6-11-16-24(2,28)17-12-14-20-19(21(25)18-22(20)26)13-9-7-8-10-15-23(27)29-3/h12,14,19-20,22,26,28H,4-11,13,15-18H2,1-3H3/b14-12+/t19-,20-,22-,24?/m1/s1. The number of carbonyl (C=O) groups excluding carboxylic acids is 2. The third-order valence-electron chi connectivity index (χ3n) is 6.09.